The van der Waals surface area contributed by atoms with Gasteiger partial charge in [-0.3, -0.25) is 0 Å². The Morgan fingerprint density at radius 3 is 2.43 bits per heavy atom. The molecule has 3 nitrogen and oxygen atoms in total. The number of sulfonamides is 1. The normalized spacial score (nSPS) is 21.8. The van der Waals surface area contributed by atoms with Gasteiger partial charge in [0.1, 0.15) is 0 Å². The molecule has 0 saturated carbocycles. The Hall–Kier alpha value is -1.34. The Kier molecular flexibility index (Phi) is 4.73. The molecule has 1 aliphatic heterocycles. The molecule has 21 heavy (non-hydrogen) atoms. The molecule has 1 aliphatic rings. The summed E-state index contributed by atoms with van der Waals surface area (Å²) in [5, 5.41) is 0. The summed E-state index contributed by atoms with van der Waals surface area (Å²) in [6.07, 6.45) is 4.77. The second kappa shape index (κ2) is 6.19. The van der Waals surface area contributed by atoms with Gasteiger partial charge in [0.15, 0.2) is 0 Å². The fourth-order valence-corrected chi connectivity index (χ4v) is 3.51. The van der Waals surface area contributed by atoms with E-state index in [2.05, 4.69) is 0 Å². The summed E-state index contributed by atoms with van der Waals surface area (Å²) in [5.41, 5.74) is -4.42. The topological polar surface area (TPSA) is 37.4 Å². The third kappa shape index (κ3) is 3.65. The van der Waals surface area contributed by atoms with Gasteiger partial charge in [-0.2, -0.15) is 17.5 Å². The van der Waals surface area contributed by atoms with Crippen molar-refractivity contribution in [2.45, 2.75) is 30.8 Å². The molecule has 0 bridgehead atoms. The molecule has 0 aliphatic carbocycles. The Morgan fingerprint density at radius 1 is 1.14 bits per heavy atom. The molecular weight excluding hydrogens is 303 g/mol. The smallest absolute Gasteiger partial charge is 0.203 e. The lowest BCUT2D eigenvalue weighted by Gasteiger charge is -2.33. The van der Waals surface area contributed by atoms with Crippen LogP contribution in [0.5, 0.6) is 0 Å². The zero-order valence-corrected chi connectivity index (χ0v) is 12.1. The molecule has 0 N–H and O–H groups in total. The Balaban J connectivity index is 2.23. The SMILES string of the molecule is O=S(=O)(N1CCCCC1/C=C/c1ccccc1)C(F)(F)F. The van der Waals surface area contributed by atoms with E-state index in [1.807, 2.05) is 30.3 Å². The van der Waals surface area contributed by atoms with E-state index in [9.17, 15) is 21.6 Å². The van der Waals surface area contributed by atoms with Crippen molar-refractivity contribution < 1.29 is 21.6 Å². The molecule has 1 heterocycles. The molecule has 2 rings (SSSR count). The number of benzene rings is 1. The molecular formula is C14H16F3NO2S. The maximum Gasteiger partial charge on any atom is 0.511 e. The number of nitrogens with zero attached hydrogens (tertiary/aromatic N) is 1. The predicted molar refractivity (Wildman–Crippen MR) is 74.8 cm³/mol. The summed E-state index contributed by atoms with van der Waals surface area (Å²) in [6.45, 7) is -0.0916. The number of alkyl halides is 3. The summed E-state index contributed by atoms with van der Waals surface area (Å²) in [5.74, 6) is 0. The van der Waals surface area contributed by atoms with Gasteiger partial charge < -0.3 is 0 Å². The van der Waals surface area contributed by atoms with Gasteiger partial charge in [0.2, 0.25) is 0 Å². The number of hydrogen-bond donors (Lipinski definition) is 0. The second-order valence-electron chi connectivity index (χ2n) is 4.89. The van der Waals surface area contributed by atoms with Gasteiger partial charge in [-0.15, -0.1) is 0 Å². The van der Waals surface area contributed by atoms with Gasteiger partial charge in [-0.05, 0) is 18.4 Å². The number of halogens is 3. The highest BCUT2D eigenvalue weighted by molar-refractivity contribution is 7.90. The van der Waals surface area contributed by atoms with Gasteiger partial charge >= 0.3 is 15.5 Å². The van der Waals surface area contributed by atoms with Crippen molar-refractivity contribution in [3.8, 4) is 0 Å². The van der Waals surface area contributed by atoms with Crippen LogP contribution < -0.4 is 0 Å². The summed E-state index contributed by atoms with van der Waals surface area (Å²) in [7, 11) is -5.27. The Bertz CT molecular complexity index is 596. The number of rotatable bonds is 3. The van der Waals surface area contributed by atoms with Gasteiger partial charge in [0.05, 0.1) is 0 Å². The first kappa shape index (κ1) is 16.0. The lowest BCUT2D eigenvalue weighted by atomic mass is 10.0. The summed E-state index contributed by atoms with van der Waals surface area (Å²) < 4.78 is 61.9. The summed E-state index contributed by atoms with van der Waals surface area (Å²) in [6, 6.07) is 8.32. The van der Waals surface area contributed by atoms with E-state index >= 15 is 0 Å². The van der Waals surface area contributed by atoms with E-state index in [0.717, 1.165) is 5.56 Å². The minimum atomic E-state index is -5.27. The molecule has 1 fully saturated rings. The highest BCUT2D eigenvalue weighted by Gasteiger charge is 2.51. The highest BCUT2D eigenvalue weighted by atomic mass is 32.2. The first-order chi connectivity index (χ1) is 9.82. The molecule has 7 heteroatoms. The van der Waals surface area contributed by atoms with E-state index in [0.29, 0.717) is 23.6 Å². The Morgan fingerprint density at radius 2 is 1.81 bits per heavy atom. The second-order valence-corrected chi connectivity index (χ2v) is 6.78. The van der Waals surface area contributed by atoms with Crippen molar-refractivity contribution in [1.29, 1.82) is 0 Å². The third-order valence-corrected chi connectivity index (χ3v) is 5.07. The van der Waals surface area contributed by atoms with Crippen LogP contribution in [-0.4, -0.2) is 30.8 Å². The van der Waals surface area contributed by atoms with Crippen LogP contribution in [0.15, 0.2) is 36.4 Å². The van der Waals surface area contributed by atoms with E-state index in [4.69, 9.17) is 0 Å². The van der Waals surface area contributed by atoms with Crippen molar-refractivity contribution in [2.75, 3.05) is 6.54 Å². The minimum Gasteiger partial charge on any atom is -0.203 e. The highest BCUT2D eigenvalue weighted by Crippen LogP contribution is 2.32. The van der Waals surface area contributed by atoms with Crippen molar-refractivity contribution in [3.63, 3.8) is 0 Å². The molecule has 0 radical (unpaired) electrons. The first-order valence-electron chi connectivity index (χ1n) is 6.64. The monoisotopic (exact) mass is 319 g/mol. The van der Waals surface area contributed by atoms with Crippen LogP contribution in [-0.2, 0) is 10.0 Å². The van der Waals surface area contributed by atoms with Crippen LogP contribution in [0, 0.1) is 0 Å². The standard InChI is InChI=1S/C14H16F3NO2S/c15-14(16,17)21(19,20)18-11-5-4-8-13(18)10-9-12-6-2-1-3-7-12/h1-3,6-7,9-10,13H,4-5,8,11H2/b10-9+. The molecule has 1 aromatic rings. The van der Waals surface area contributed by atoms with Crippen LogP contribution in [0.4, 0.5) is 13.2 Å². The zero-order chi connectivity index (χ0) is 15.5. The van der Waals surface area contributed by atoms with E-state index in [-0.39, 0.29) is 6.54 Å². The minimum absolute atomic E-state index is 0.0916. The quantitative estimate of drug-likeness (QED) is 0.856. The van der Waals surface area contributed by atoms with Crippen molar-refractivity contribution in [1.82, 2.24) is 4.31 Å². The van der Waals surface area contributed by atoms with Crippen LogP contribution >= 0.6 is 0 Å². The predicted octanol–water partition coefficient (Wildman–Crippen LogP) is 3.40. The van der Waals surface area contributed by atoms with Gasteiger partial charge in [-0.1, -0.05) is 48.9 Å². The molecule has 1 saturated heterocycles. The Labute approximate surface area is 122 Å². The first-order valence-corrected chi connectivity index (χ1v) is 8.08. The van der Waals surface area contributed by atoms with Gasteiger partial charge in [-0.25, -0.2) is 8.42 Å². The largest absolute Gasteiger partial charge is 0.511 e. The molecule has 1 atom stereocenters. The van der Waals surface area contributed by atoms with Crippen LogP contribution in [0.1, 0.15) is 24.8 Å². The van der Waals surface area contributed by atoms with E-state index in [1.165, 1.54) is 6.08 Å². The van der Waals surface area contributed by atoms with E-state index in [1.54, 1.807) is 6.08 Å². The number of piperidine rings is 1. The maximum absolute atomic E-state index is 12.7. The molecule has 0 spiro atoms. The van der Waals surface area contributed by atoms with Crippen LogP contribution in [0.3, 0.4) is 0 Å². The van der Waals surface area contributed by atoms with Gasteiger partial charge in [0, 0.05) is 12.6 Å². The summed E-state index contributed by atoms with van der Waals surface area (Å²) in [4.78, 5) is 0. The van der Waals surface area contributed by atoms with Crippen molar-refractivity contribution in [2.24, 2.45) is 0 Å². The average molecular weight is 319 g/mol. The van der Waals surface area contributed by atoms with Crippen LogP contribution in [0.25, 0.3) is 6.08 Å². The molecule has 0 amide bonds. The molecule has 0 aromatic heterocycles. The molecule has 1 aromatic carbocycles. The van der Waals surface area contributed by atoms with Gasteiger partial charge in [0.25, 0.3) is 0 Å². The fraction of sp³-hybridized carbons (Fsp3) is 0.429. The fourth-order valence-electron chi connectivity index (χ4n) is 2.34. The molecule has 1 unspecified atom stereocenters. The molecule has 116 valence electrons. The lowest BCUT2D eigenvalue weighted by Crippen LogP contribution is -2.48. The van der Waals surface area contributed by atoms with Crippen molar-refractivity contribution in [3.05, 3.63) is 42.0 Å². The number of hydrogen-bond acceptors (Lipinski definition) is 2. The zero-order valence-electron chi connectivity index (χ0n) is 11.3. The summed E-state index contributed by atoms with van der Waals surface area (Å²) >= 11 is 0. The third-order valence-electron chi connectivity index (χ3n) is 3.41. The maximum atomic E-state index is 12.7. The van der Waals surface area contributed by atoms with E-state index < -0.39 is 21.6 Å². The van der Waals surface area contributed by atoms with Crippen LogP contribution in [0.2, 0.25) is 0 Å². The van der Waals surface area contributed by atoms with Crippen molar-refractivity contribution >= 4 is 16.1 Å². The average Bonchev–Trinajstić information content (AvgIpc) is 2.45. The lowest BCUT2D eigenvalue weighted by molar-refractivity contribution is -0.0502.